The highest BCUT2D eigenvalue weighted by atomic mass is 32.1. The van der Waals surface area contributed by atoms with Gasteiger partial charge < -0.3 is 10.6 Å². The third-order valence-electron chi connectivity index (χ3n) is 4.95. The van der Waals surface area contributed by atoms with Gasteiger partial charge in [-0.2, -0.15) is 0 Å². The van der Waals surface area contributed by atoms with Crippen LogP contribution in [0.2, 0.25) is 0 Å². The molecular formula is C25H22FN2OS+. The Hall–Kier alpha value is -3.28. The maximum absolute atomic E-state index is 13.3. The fraction of sp³-hybridized carbons (Fsp3) is 0.0800. The number of carbonyl (C=O) groups excluding carboxylic acids is 1. The van der Waals surface area contributed by atoms with E-state index >= 15 is 0 Å². The molecule has 0 unspecified atom stereocenters. The Kier molecular flexibility index (Phi) is 6.32. The Morgan fingerprint density at radius 3 is 2.03 bits per heavy atom. The number of amides is 1. The number of nitrogens with two attached hydrogens (primary N) is 1. The minimum atomic E-state index is -0.469. The SMILES string of the molecule is O=C(Nc1ccc(F)cc1)[C@@H]([NH2+][C@H](c1ccccc1)c1cccs1)c1ccccc1. The van der Waals surface area contributed by atoms with Crippen molar-refractivity contribution >= 4 is 22.9 Å². The second-order valence-electron chi connectivity index (χ2n) is 6.98. The molecule has 5 heteroatoms. The van der Waals surface area contributed by atoms with Gasteiger partial charge in [0.2, 0.25) is 0 Å². The Morgan fingerprint density at radius 1 is 0.800 bits per heavy atom. The van der Waals surface area contributed by atoms with Crippen LogP contribution in [0.5, 0.6) is 0 Å². The van der Waals surface area contributed by atoms with E-state index in [-0.39, 0.29) is 17.8 Å². The summed E-state index contributed by atoms with van der Waals surface area (Å²) in [6.07, 6.45) is 0. The van der Waals surface area contributed by atoms with Crippen LogP contribution in [-0.4, -0.2) is 5.91 Å². The number of benzene rings is 3. The van der Waals surface area contributed by atoms with Crippen LogP contribution in [0.25, 0.3) is 0 Å². The molecule has 3 N–H and O–H groups in total. The van der Waals surface area contributed by atoms with Gasteiger partial charge >= 0.3 is 0 Å². The molecule has 1 heterocycles. The molecule has 0 aliphatic rings. The zero-order chi connectivity index (χ0) is 20.8. The normalized spacial score (nSPS) is 12.8. The van der Waals surface area contributed by atoms with Crippen molar-refractivity contribution in [1.29, 1.82) is 0 Å². The second-order valence-corrected chi connectivity index (χ2v) is 7.96. The summed E-state index contributed by atoms with van der Waals surface area (Å²) < 4.78 is 13.2. The summed E-state index contributed by atoms with van der Waals surface area (Å²) in [5, 5.41) is 7.08. The van der Waals surface area contributed by atoms with Crippen molar-refractivity contribution in [2.75, 3.05) is 5.32 Å². The molecule has 1 aromatic heterocycles. The number of halogens is 1. The first kappa shape index (κ1) is 20.0. The predicted molar refractivity (Wildman–Crippen MR) is 119 cm³/mol. The highest BCUT2D eigenvalue weighted by Gasteiger charge is 2.30. The molecule has 4 rings (SSSR count). The molecule has 0 aliphatic carbocycles. The van der Waals surface area contributed by atoms with Gasteiger partial charge in [0.05, 0.1) is 4.88 Å². The van der Waals surface area contributed by atoms with E-state index in [0.29, 0.717) is 5.69 Å². The molecule has 0 saturated carbocycles. The Balaban J connectivity index is 1.66. The summed E-state index contributed by atoms with van der Waals surface area (Å²) >= 11 is 1.68. The lowest BCUT2D eigenvalue weighted by molar-refractivity contribution is -0.713. The predicted octanol–water partition coefficient (Wildman–Crippen LogP) is 4.92. The van der Waals surface area contributed by atoms with Gasteiger partial charge in [0.15, 0.2) is 6.04 Å². The van der Waals surface area contributed by atoms with Gasteiger partial charge in [-0.25, -0.2) is 4.39 Å². The lowest BCUT2D eigenvalue weighted by atomic mass is 10.0. The standard InChI is InChI=1S/C25H21FN2OS/c26-20-13-15-21(16-14-20)27-25(29)24(19-10-5-2-6-11-19)28-23(22-12-7-17-30-22)18-8-3-1-4-9-18/h1-17,23-24,28H,(H,27,29)/p+1/t23-,24+/m1/s1. The van der Waals surface area contributed by atoms with Crippen molar-refractivity contribution in [3.63, 3.8) is 0 Å². The molecule has 0 fully saturated rings. The van der Waals surface area contributed by atoms with Gasteiger partial charge in [-0.1, -0.05) is 66.7 Å². The molecule has 0 spiro atoms. The smallest absolute Gasteiger partial charge is 0.287 e. The fourth-order valence-electron chi connectivity index (χ4n) is 3.45. The average Bonchev–Trinajstić information content (AvgIpc) is 3.32. The summed E-state index contributed by atoms with van der Waals surface area (Å²) in [5.74, 6) is -0.480. The Labute approximate surface area is 179 Å². The average molecular weight is 418 g/mol. The van der Waals surface area contributed by atoms with Gasteiger partial charge in [-0.3, -0.25) is 4.79 Å². The summed E-state index contributed by atoms with van der Waals surface area (Å²) in [6.45, 7) is 0. The quantitative estimate of drug-likeness (QED) is 0.440. The van der Waals surface area contributed by atoms with Crippen LogP contribution in [0.1, 0.15) is 28.1 Å². The van der Waals surface area contributed by atoms with E-state index in [0.717, 1.165) is 11.1 Å². The zero-order valence-electron chi connectivity index (χ0n) is 16.2. The number of thiophene rings is 1. The van der Waals surface area contributed by atoms with Crippen molar-refractivity contribution in [2.45, 2.75) is 12.1 Å². The van der Waals surface area contributed by atoms with Crippen LogP contribution < -0.4 is 10.6 Å². The number of carbonyl (C=O) groups is 1. The maximum atomic E-state index is 13.3. The number of hydrogen-bond donors (Lipinski definition) is 2. The van der Waals surface area contributed by atoms with E-state index in [1.807, 2.05) is 54.6 Å². The van der Waals surface area contributed by atoms with Crippen molar-refractivity contribution in [3.05, 3.63) is 124 Å². The molecule has 2 atom stereocenters. The summed E-state index contributed by atoms with van der Waals surface area (Å²) in [5.41, 5.74) is 2.62. The first-order valence-corrected chi connectivity index (χ1v) is 10.6. The van der Waals surface area contributed by atoms with Gasteiger partial charge in [-0.05, 0) is 35.7 Å². The van der Waals surface area contributed by atoms with E-state index in [4.69, 9.17) is 0 Å². The monoisotopic (exact) mass is 417 g/mol. The molecule has 3 nitrogen and oxygen atoms in total. The molecule has 4 aromatic rings. The summed E-state index contributed by atoms with van der Waals surface area (Å²) in [4.78, 5) is 14.5. The van der Waals surface area contributed by atoms with Gasteiger partial charge in [-0.15, -0.1) is 11.3 Å². The highest BCUT2D eigenvalue weighted by molar-refractivity contribution is 7.10. The number of nitrogens with one attached hydrogen (secondary N) is 1. The molecule has 0 aliphatic heterocycles. The Bertz CT molecular complexity index is 1070. The highest BCUT2D eigenvalue weighted by Crippen LogP contribution is 2.24. The maximum Gasteiger partial charge on any atom is 0.287 e. The molecular weight excluding hydrogens is 395 g/mol. The molecule has 150 valence electrons. The lowest BCUT2D eigenvalue weighted by Gasteiger charge is -2.22. The fourth-order valence-corrected chi connectivity index (χ4v) is 4.29. The number of quaternary nitrogens is 1. The minimum Gasteiger partial charge on any atom is -0.322 e. The topological polar surface area (TPSA) is 45.7 Å². The van der Waals surface area contributed by atoms with Crippen LogP contribution in [0, 0.1) is 5.82 Å². The van der Waals surface area contributed by atoms with Crippen molar-refractivity contribution in [2.24, 2.45) is 0 Å². The first-order chi connectivity index (χ1) is 14.7. The number of hydrogen-bond acceptors (Lipinski definition) is 2. The second kappa shape index (κ2) is 9.48. The van der Waals surface area contributed by atoms with Gasteiger partial charge in [0, 0.05) is 16.8 Å². The van der Waals surface area contributed by atoms with E-state index in [1.165, 1.54) is 17.0 Å². The van der Waals surface area contributed by atoms with Crippen LogP contribution in [0.15, 0.2) is 102 Å². The van der Waals surface area contributed by atoms with Gasteiger partial charge in [0.25, 0.3) is 5.91 Å². The third-order valence-corrected chi connectivity index (χ3v) is 5.90. The van der Waals surface area contributed by atoms with E-state index in [9.17, 15) is 9.18 Å². The van der Waals surface area contributed by atoms with E-state index in [1.54, 1.807) is 23.5 Å². The number of anilines is 1. The summed E-state index contributed by atoms with van der Waals surface area (Å²) in [7, 11) is 0. The number of rotatable bonds is 7. The van der Waals surface area contributed by atoms with Crippen LogP contribution in [0.3, 0.4) is 0 Å². The first-order valence-electron chi connectivity index (χ1n) is 9.75. The van der Waals surface area contributed by atoms with Crippen LogP contribution in [-0.2, 0) is 4.79 Å². The zero-order valence-corrected chi connectivity index (χ0v) is 17.1. The van der Waals surface area contributed by atoms with E-state index in [2.05, 4.69) is 34.2 Å². The minimum absolute atomic E-state index is 0.0182. The summed E-state index contributed by atoms with van der Waals surface area (Å²) in [6, 6.07) is 29.4. The van der Waals surface area contributed by atoms with Crippen molar-refractivity contribution in [3.8, 4) is 0 Å². The molecule has 30 heavy (non-hydrogen) atoms. The Morgan fingerprint density at radius 2 is 1.43 bits per heavy atom. The van der Waals surface area contributed by atoms with Crippen molar-refractivity contribution in [1.82, 2.24) is 0 Å². The van der Waals surface area contributed by atoms with Crippen LogP contribution in [0.4, 0.5) is 10.1 Å². The molecule has 1 amide bonds. The molecule has 3 aromatic carbocycles. The molecule has 0 saturated heterocycles. The lowest BCUT2D eigenvalue weighted by Crippen LogP contribution is -2.88. The van der Waals surface area contributed by atoms with Crippen LogP contribution >= 0.6 is 11.3 Å². The largest absolute Gasteiger partial charge is 0.322 e. The van der Waals surface area contributed by atoms with Gasteiger partial charge in [0.1, 0.15) is 11.9 Å². The molecule has 0 bridgehead atoms. The molecule has 0 radical (unpaired) electrons. The third kappa shape index (κ3) is 4.82. The van der Waals surface area contributed by atoms with Crippen molar-refractivity contribution < 1.29 is 14.5 Å². The van der Waals surface area contributed by atoms with E-state index < -0.39 is 6.04 Å².